The lowest BCUT2D eigenvalue weighted by atomic mass is 10.1. The molecule has 1 atom stereocenters. The summed E-state index contributed by atoms with van der Waals surface area (Å²) in [5, 5.41) is 9.19. The van der Waals surface area contributed by atoms with E-state index in [1.165, 1.54) is 0 Å². The second kappa shape index (κ2) is 8.23. The minimum absolute atomic E-state index is 0.0381. The van der Waals surface area contributed by atoms with E-state index < -0.39 is 0 Å². The lowest BCUT2D eigenvalue weighted by Gasteiger charge is -2.37. The molecule has 1 saturated heterocycles. The van der Waals surface area contributed by atoms with Crippen LogP contribution in [0.4, 0.5) is 0 Å². The van der Waals surface area contributed by atoms with Crippen molar-refractivity contribution in [3.8, 4) is 6.07 Å². The molecular weight excluding hydrogens is 252 g/mol. The molecular formula is C15H28N4O. The first-order valence-electron chi connectivity index (χ1n) is 7.61. The summed E-state index contributed by atoms with van der Waals surface area (Å²) in [6.07, 6.45) is 1.97. The zero-order chi connectivity index (χ0) is 15.1. The molecule has 0 aromatic heterocycles. The molecule has 0 radical (unpaired) electrons. The van der Waals surface area contributed by atoms with Crippen LogP contribution in [0.1, 0.15) is 33.6 Å². The summed E-state index contributed by atoms with van der Waals surface area (Å²) in [5.41, 5.74) is 0. The molecule has 1 aliphatic heterocycles. The number of nitrogens with zero attached hydrogens (tertiary/aromatic N) is 4. The molecule has 1 amide bonds. The fourth-order valence-corrected chi connectivity index (χ4v) is 2.43. The number of carbonyl (C=O) groups is 1. The van der Waals surface area contributed by atoms with Crippen molar-refractivity contribution in [1.29, 1.82) is 5.26 Å². The van der Waals surface area contributed by atoms with E-state index in [-0.39, 0.29) is 18.0 Å². The van der Waals surface area contributed by atoms with Gasteiger partial charge in [-0.1, -0.05) is 13.3 Å². The van der Waals surface area contributed by atoms with Crippen molar-refractivity contribution < 1.29 is 4.79 Å². The van der Waals surface area contributed by atoms with Gasteiger partial charge < -0.3 is 4.90 Å². The Kier molecular flexibility index (Phi) is 6.97. The first-order valence-corrected chi connectivity index (χ1v) is 7.61. The van der Waals surface area contributed by atoms with Crippen LogP contribution in [0.3, 0.4) is 0 Å². The minimum atomic E-state index is 0.0381. The Hall–Kier alpha value is -1.12. The van der Waals surface area contributed by atoms with Gasteiger partial charge in [0.05, 0.1) is 18.7 Å². The van der Waals surface area contributed by atoms with Crippen LogP contribution in [0.15, 0.2) is 0 Å². The molecule has 1 aliphatic rings. The number of nitriles is 1. The molecule has 1 rings (SSSR count). The molecule has 0 bridgehead atoms. The van der Waals surface area contributed by atoms with Gasteiger partial charge in [-0.25, -0.2) is 0 Å². The second-order valence-electron chi connectivity index (χ2n) is 5.84. The molecule has 0 aliphatic carbocycles. The van der Waals surface area contributed by atoms with Gasteiger partial charge in [0, 0.05) is 39.3 Å². The maximum absolute atomic E-state index is 12.0. The lowest BCUT2D eigenvalue weighted by Crippen LogP contribution is -2.52. The summed E-state index contributed by atoms with van der Waals surface area (Å²) in [6.45, 7) is 10.2. The molecule has 114 valence electrons. The van der Waals surface area contributed by atoms with Gasteiger partial charge in [-0.2, -0.15) is 5.26 Å². The Morgan fingerprint density at radius 3 is 2.35 bits per heavy atom. The van der Waals surface area contributed by atoms with Gasteiger partial charge in [0.1, 0.15) is 0 Å². The molecule has 0 saturated carbocycles. The molecule has 0 spiro atoms. The van der Waals surface area contributed by atoms with E-state index in [9.17, 15) is 10.1 Å². The number of amides is 1. The van der Waals surface area contributed by atoms with Crippen molar-refractivity contribution in [1.82, 2.24) is 14.7 Å². The molecule has 5 heteroatoms. The maximum Gasteiger partial charge on any atom is 0.236 e. The fraction of sp³-hybridized carbons (Fsp3) is 0.867. The van der Waals surface area contributed by atoms with Crippen LogP contribution in [-0.2, 0) is 4.79 Å². The highest BCUT2D eigenvalue weighted by Gasteiger charge is 2.25. The third-order valence-electron chi connectivity index (χ3n) is 4.09. The van der Waals surface area contributed by atoms with Crippen LogP contribution in [0.25, 0.3) is 0 Å². The highest BCUT2D eigenvalue weighted by Crippen LogP contribution is 2.10. The van der Waals surface area contributed by atoms with Crippen molar-refractivity contribution in [2.24, 2.45) is 0 Å². The fourth-order valence-electron chi connectivity index (χ4n) is 2.43. The molecule has 1 unspecified atom stereocenters. The summed E-state index contributed by atoms with van der Waals surface area (Å²) < 4.78 is 0. The van der Waals surface area contributed by atoms with E-state index in [1.807, 2.05) is 20.9 Å². The van der Waals surface area contributed by atoms with E-state index in [0.717, 1.165) is 39.0 Å². The highest BCUT2D eigenvalue weighted by atomic mass is 16.2. The van der Waals surface area contributed by atoms with Gasteiger partial charge in [0.25, 0.3) is 0 Å². The van der Waals surface area contributed by atoms with Crippen molar-refractivity contribution >= 4 is 5.91 Å². The van der Waals surface area contributed by atoms with E-state index in [4.69, 9.17) is 0 Å². The maximum atomic E-state index is 12.0. The highest BCUT2D eigenvalue weighted by molar-refractivity contribution is 5.78. The van der Waals surface area contributed by atoms with Gasteiger partial charge in [-0.05, 0) is 20.3 Å². The van der Waals surface area contributed by atoms with E-state index in [0.29, 0.717) is 6.54 Å². The quantitative estimate of drug-likeness (QED) is 0.733. The number of rotatable bonds is 6. The Balaban J connectivity index is 2.39. The second-order valence-corrected chi connectivity index (χ2v) is 5.84. The van der Waals surface area contributed by atoms with Crippen molar-refractivity contribution in [3.63, 3.8) is 0 Å². The Morgan fingerprint density at radius 2 is 1.90 bits per heavy atom. The first kappa shape index (κ1) is 16.9. The lowest BCUT2D eigenvalue weighted by molar-refractivity contribution is -0.133. The van der Waals surface area contributed by atoms with Crippen molar-refractivity contribution in [2.75, 3.05) is 39.8 Å². The number of hydrogen-bond acceptors (Lipinski definition) is 4. The van der Waals surface area contributed by atoms with Gasteiger partial charge in [-0.3, -0.25) is 14.6 Å². The van der Waals surface area contributed by atoms with Gasteiger partial charge >= 0.3 is 0 Å². The number of piperazine rings is 1. The third kappa shape index (κ3) is 4.77. The number of hydrogen-bond donors (Lipinski definition) is 0. The average Bonchev–Trinajstić information content (AvgIpc) is 2.44. The normalized spacial score (nSPS) is 18.8. The minimum Gasteiger partial charge on any atom is -0.342 e. The van der Waals surface area contributed by atoms with Crippen LogP contribution in [-0.4, -0.2) is 72.5 Å². The number of carbonyl (C=O) groups excluding carboxylic acids is 1. The molecule has 0 aromatic rings. The Labute approximate surface area is 123 Å². The zero-order valence-corrected chi connectivity index (χ0v) is 13.3. The molecule has 0 aromatic carbocycles. The molecule has 1 fully saturated rings. The topological polar surface area (TPSA) is 50.6 Å². The molecule has 0 N–H and O–H groups in total. The zero-order valence-electron chi connectivity index (χ0n) is 13.3. The summed E-state index contributed by atoms with van der Waals surface area (Å²) in [7, 11) is 1.86. The summed E-state index contributed by atoms with van der Waals surface area (Å²) in [6, 6.07) is 2.68. The van der Waals surface area contributed by atoms with Gasteiger partial charge in [-0.15, -0.1) is 0 Å². The molecule has 5 nitrogen and oxygen atoms in total. The Morgan fingerprint density at radius 1 is 1.30 bits per heavy atom. The summed E-state index contributed by atoms with van der Waals surface area (Å²) >= 11 is 0. The van der Waals surface area contributed by atoms with Crippen molar-refractivity contribution in [2.45, 2.75) is 45.7 Å². The molecule has 20 heavy (non-hydrogen) atoms. The van der Waals surface area contributed by atoms with Gasteiger partial charge in [0.15, 0.2) is 0 Å². The predicted molar refractivity (Wildman–Crippen MR) is 80.2 cm³/mol. The van der Waals surface area contributed by atoms with Crippen LogP contribution < -0.4 is 0 Å². The average molecular weight is 280 g/mol. The van der Waals surface area contributed by atoms with E-state index in [1.54, 1.807) is 4.90 Å². The Bertz CT molecular complexity index is 342. The third-order valence-corrected chi connectivity index (χ3v) is 4.09. The van der Waals surface area contributed by atoms with Gasteiger partial charge in [0.2, 0.25) is 5.91 Å². The number of likely N-dealkylation sites (N-methyl/N-ethyl adjacent to an activating group) is 1. The summed E-state index contributed by atoms with van der Waals surface area (Å²) in [4.78, 5) is 18.3. The van der Waals surface area contributed by atoms with Crippen LogP contribution in [0.5, 0.6) is 0 Å². The van der Waals surface area contributed by atoms with Crippen LogP contribution in [0, 0.1) is 11.3 Å². The predicted octanol–water partition coefficient (Wildman–Crippen LogP) is 1.16. The SMILES string of the molecule is CCCC(C#N)N1CCN(CC(=O)N(C)C(C)C)CC1. The van der Waals surface area contributed by atoms with Crippen molar-refractivity contribution in [3.05, 3.63) is 0 Å². The summed E-state index contributed by atoms with van der Waals surface area (Å²) in [5.74, 6) is 0.179. The smallest absolute Gasteiger partial charge is 0.236 e. The monoisotopic (exact) mass is 280 g/mol. The first-order chi connectivity index (χ1) is 9.49. The standard InChI is InChI=1S/C15H28N4O/c1-5-6-14(11-16)19-9-7-18(8-10-19)12-15(20)17(4)13(2)3/h13-14H,5-10,12H2,1-4H3. The van der Waals surface area contributed by atoms with E-state index >= 15 is 0 Å². The molecule has 1 heterocycles. The van der Waals surface area contributed by atoms with E-state index in [2.05, 4.69) is 22.8 Å². The van der Waals surface area contributed by atoms with Crippen LogP contribution >= 0.6 is 0 Å². The largest absolute Gasteiger partial charge is 0.342 e. The van der Waals surface area contributed by atoms with Crippen LogP contribution in [0.2, 0.25) is 0 Å².